The van der Waals surface area contributed by atoms with Crippen molar-refractivity contribution < 1.29 is 19.0 Å². The molecule has 5 heteroatoms. The molecular weight excluding hydrogens is 390 g/mol. The van der Waals surface area contributed by atoms with Crippen molar-refractivity contribution in [2.24, 2.45) is 5.16 Å². The third-order valence-electron chi connectivity index (χ3n) is 4.77. The number of nitrogens with zero attached hydrogens (tertiary/aromatic N) is 1. The first-order valence-electron chi connectivity index (χ1n) is 10.9. The summed E-state index contributed by atoms with van der Waals surface area (Å²) in [7, 11) is 1.53. The first kappa shape index (κ1) is 24.3. The fourth-order valence-electron chi connectivity index (χ4n) is 3.20. The van der Waals surface area contributed by atoms with Crippen molar-refractivity contribution in [3.63, 3.8) is 0 Å². The van der Waals surface area contributed by atoms with Crippen LogP contribution in [0.1, 0.15) is 49.3 Å². The smallest absolute Gasteiger partial charge is 0.128 e. The maximum atomic E-state index is 6.05. The molecule has 0 saturated carbocycles. The van der Waals surface area contributed by atoms with Gasteiger partial charge in [-0.25, -0.2) is 0 Å². The largest absolute Gasteiger partial charge is 0.493 e. The molecule has 0 atom stereocenters. The van der Waals surface area contributed by atoms with Gasteiger partial charge in [-0.05, 0) is 81.8 Å². The molecule has 0 N–H and O–H groups in total. The lowest BCUT2D eigenvalue weighted by Crippen LogP contribution is -2.03. The summed E-state index contributed by atoms with van der Waals surface area (Å²) in [5, 5.41) is 3.81. The SMILES string of the molecule is C/C=C/COc1cc(C)c(OCCCCCCOc2ccccc2/C=N/OC)c(C)c1. The zero-order valence-electron chi connectivity index (χ0n) is 19.2. The van der Waals surface area contributed by atoms with Crippen molar-refractivity contribution in [1.29, 1.82) is 0 Å². The third kappa shape index (κ3) is 8.75. The highest BCUT2D eigenvalue weighted by Gasteiger charge is 2.07. The quantitative estimate of drug-likeness (QED) is 0.155. The Hall–Kier alpha value is -2.95. The summed E-state index contributed by atoms with van der Waals surface area (Å²) >= 11 is 0. The zero-order valence-corrected chi connectivity index (χ0v) is 19.2. The highest BCUT2D eigenvalue weighted by molar-refractivity contribution is 5.83. The number of aryl methyl sites for hydroxylation is 2. The molecule has 0 amide bonds. The summed E-state index contributed by atoms with van der Waals surface area (Å²) in [6.07, 6.45) is 9.89. The van der Waals surface area contributed by atoms with E-state index in [2.05, 4.69) is 19.0 Å². The minimum absolute atomic E-state index is 0.589. The third-order valence-corrected chi connectivity index (χ3v) is 4.77. The molecule has 0 aliphatic rings. The van der Waals surface area contributed by atoms with Gasteiger partial charge in [0.05, 0.1) is 19.4 Å². The van der Waals surface area contributed by atoms with Crippen molar-refractivity contribution >= 4 is 6.21 Å². The van der Waals surface area contributed by atoms with E-state index in [0.29, 0.717) is 13.2 Å². The summed E-state index contributed by atoms with van der Waals surface area (Å²) in [5.74, 6) is 2.68. The van der Waals surface area contributed by atoms with E-state index in [-0.39, 0.29) is 0 Å². The Morgan fingerprint density at radius 1 is 0.871 bits per heavy atom. The lowest BCUT2D eigenvalue weighted by Gasteiger charge is -2.14. The molecule has 0 radical (unpaired) electrons. The van der Waals surface area contributed by atoms with Crippen LogP contribution in [0.4, 0.5) is 0 Å². The minimum Gasteiger partial charge on any atom is -0.493 e. The van der Waals surface area contributed by atoms with Gasteiger partial charge in [-0.3, -0.25) is 0 Å². The number of benzene rings is 2. The molecule has 0 fully saturated rings. The van der Waals surface area contributed by atoms with E-state index in [9.17, 15) is 0 Å². The average molecular weight is 426 g/mol. The topological polar surface area (TPSA) is 49.3 Å². The van der Waals surface area contributed by atoms with Crippen LogP contribution in [0.5, 0.6) is 17.2 Å². The first-order chi connectivity index (χ1) is 15.2. The second-order valence-corrected chi connectivity index (χ2v) is 7.33. The number of rotatable bonds is 14. The Kier molecular flexibility index (Phi) is 11.1. The molecule has 0 aliphatic heterocycles. The van der Waals surface area contributed by atoms with Gasteiger partial charge in [-0.1, -0.05) is 29.4 Å². The molecule has 0 bridgehead atoms. The Morgan fingerprint density at radius 2 is 1.55 bits per heavy atom. The molecule has 5 nitrogen and oxygen atoms in total. The molecule has 2 aromatic carbocycles. The summed E-state index contributed by atoms with van der Waals surface area (Å²) in [6, 6.07) is 11.9. The van der Waals surface area contributed by atoms with Gasteiger partial charge < -0.3 is 19.0 Å². The normalized spacial score (nSPS) is 11.2. The Balaban J connectivity index is 1.65. The van der Waals surface area contributed by atoms with E-state index in [1.165, 1.54) is 7.11 Å². The number of hydrogen-bond acceptors (Lipinski definition) is 5. The average Bonchev–Trinajstić information content (AvgIpc) is 2.76. The molecule has 168 valence electrons. The van der Waals surface area contributed by atoms with E-state index in [1.807, 2.05) is 55.5 Å². The predicted molar refractivity (Wildman–Crippen MR) is 127 cm³/mol. The number of para-hydroxylation sites is 1. The van der Waals surface area contributed by atoms with Gasteiger partial charge in [0.1, 0.15) is 31.0 Å². The molecule has 0 spiro atoms. The highest BCUT2D eigenvalue weighted by Crippen LogP contribution is 2.28. The molecule has 2 aromatic rings. The van der Waals surface area contributed by atoms with Crippen LogP contribution < -0.4 is 14.2 Å². The predicted octanol–water partition coefficient (Wildman–Crippen LogP) is 6.26. The second-order valence-electron chi connectivity index (χ2n) is 7.33. The van der Waals surface area contributed by atoms with E-state index in [0.717, 1.165) is 66.2 Å². The van der Waals surface area contributed by atoms with Crippen LogP contribution in [0.15, 0.2) is 53.7 Å². The molecule has 0 saturated heterocycles. The first-order valence-corrected chi connectivity index (χ1v) is 10.9. The van der Waals surface area contributed by atoms with Crippen LogP contribution in [0, 0.1) is 13.8 Å². The van der Waals surface area contributed by atoms with E-state index >= 15 is 0 Å². The standard InChI is InChI=1S/C26H35NO4/c1-5-6-15-29-24-18-21(2)26(22(3)19-24)31-17-12-8-7-11-16-30-25-14-10-9-13-23(25)20-27-28-4/h5-6,9-10,13-14,18-20H,7-8,11-12,15-17H2,1-4H3/b6-5+,27-20+. The minimum atomic E-state index is 0.589. The molecule has 2 rings (SSSR count). The van der Waals surface area contributed by atoms with Gasteiger partial charge in [0.15, 0.2) is 0 Å². The molecule has 31 heavy (non-hydrogen) atoms. The van der Waals surface area contributed by atoms with E-state index in [4.69, 9.17) is 19.0 Å². The maximum Gasteiger partial charge on any atom is 0.128 e. The lowest BCUT2D eigenvalue weighted by molar-refractivity contribution is 0.215. The monoisotopic (exact) mass is 425 g/mol. The van der Waals surface area contributed by atoms with Gasteiger partial charge in [0.2, 0.25) is 0 Å². The second kappa shape index (κ2) is 14.1. The summed E-state index contributed by atoms with van der Waals surface area (Å²) in [4.78, 5) is 4.75. The molecular formula is C26H35NO4. The van der Waals surface area contributed by atoms with Gasteiger partial charge in [-0.2, -0.15) is 0 Å². The Bertz CT molecular complexity index is 822. The summed E-state index contributed by atoms with van der Waals surface area (Å²) < 4.78 is 17.7. The van der Waals surface area contributed by atoms with E-state index in [1.54, 1.807) is 6.21 Å². The molecule has 0 aromatic heterocycles. The van der Waals surface area contributed by atoms with Crippen molar-refractivity contribution in [1.82, 2.24) is 0 Å². The zero-order chi connectivity index (χ0) is 22.3. The van der Waals surface area contributed by atoms with Crippen molar-refractivity contribution in [2.75, 3.05) is 26.9 Å². The maximum absolute atomic E-state index is 6.05. The van der Waals surface area contributed by atoms with Gasteiger partial charge in [-0.15, -0.1) is 0 Å². The van der Waals surface area contributed by atoms with Crippen molar-refractivity contribution in [3.8, 4) is 17.2 Å². The van der Waals surface area contributed by atoms with E-state index < -0.39 is 0 Å². The van der Waals surface area contributed by atoms with Gasteiger partial charge in [0, 0.05) is 5.56 Å². The number of unbranched alkanes of at least 4 members (excludes halogenated alkanes) is 3. The number of allylic oxidation sites excluding steroid dienone is 1. The van der Waals surface area contributed by atoms with Crippen LogP contribution in [-0.2, 0) is 4.84 Å². The van der Waals surface area contributed by atoms with Gasteiger partial charge in [0.25, 0.3) is 0 Å². The van der Waals surface area contributed by atoms with Crippen LogP contribution in [0.3, 0.4) is 0 Å². The number of ether oxygens (including phenoxy) is 3. The lowest BCUT2D eigenvalue weighted by atomic mass is 10.1. The molecule has 0 heterocycles. The summed E-state index contributed by atoms with van der Waals surface area (Å²) in [5.41, 5.74) is 3.14. The highest BCUT2D eigenvalue weighted by atomic mass is 16.6. The Labute approximate surface area is 186 Å². The fraction of sp³-hybridized carbons (Fsp3) is 0.423. The molecule has 0 unspecified atom stereocenters. The summed E-state index contributed by atoms with van der Waals surface area (Å²) in [6.45, 7) is 8.12. The van der Waals surface area contributed by atoms with Crippen LogP contribution >= 0.6 is 0 Å². The van der Waals surface area contributed by atoms with Crippen molar-refractivity contribution in [2.45, 2.75) is 46.5 Å². The van der Waals surface area contributed by atoms with Crippen LogP contribution in [-0.4, -0.2) is 33.1 Å². The van der Waals surface area contributed by atoms with Gasteiger partial charge >= 0.3 is 0 Å². The molecule has 0 aliphatic carbocycles. The fourth-order valence-corrected chi connectivity index (χ4v) is 3.20. The van der Waals surface area contributed by atoms with Crippen LogP contribution in [0.2, 0.25) is 0 Å². The Morgan fingerprint density at radius 3 is 2.23 bits per heavy atom. The van der Waals surface area contributed by atoms with Crippen LogP contribution in [0.25, 0.3) is 0 Å². The number of hydrogen-bond donors (Lipinski definition) is 0. The van der Waals surface area contributed by atoms with Crippen molar-refractivity contribution in [3.05, 3.63) is 65.2 Å². The number of oxime groups is 1.